The molecule has 1 aromatic heterocycles. The summed E-state index contributed by atoms with van der Waals surface area (Å²) in [6.45, 7) is 0.471. The number of carbonyl (C=O) groups excluding carboxylic acids is 1. The lowest BCUT2D eigenvalue weighted by atomic mass is 10.0. The molecule has 0 unspecified atom stereocenters. The van der Waals surface area contributed by atoms with Crippen LogP contribution in [0.1, 0.15) is 11.1 Å². The van der Waals surface area contributed by atoms with E-state index >= 15 is 0 Å². The molecule has 0 saturated carbocycles. The first kappa shape index (κ1) is 20.5. The maximum absolute atomic E-state index is 12.7. The Morgan fingerprint density at radius 2 is 1.58 bits per heavy atom. The van der Waals surface area contributed by atoms with Crippen LogP contribution in [0.3, 0.4) is 0 Å². The van der Waals surface area contributed by atoms with Crippen LogP contribution in [0.15, 0.2) is 72.9 Å². The van der Waals surface area contributed by atoms with Crippen LogP contribution in [0.2, 0.25) is 0 Å². The Morgan fingerprint density at radius 3 is 2.23 bits per heavy atom. The van der Waals surface area contributed by atoms with Gasteiger partial charge in [0.05, 0.1) is 11.3 Å². The first-order chi connectivity index (χ1) is 14.8. The number of aromatic nitrogens is 1. The predicted molar refractivity (Wildman–Crippen MR) is 116 cm³/mol. The number of carbonyl (C=O) groups is 1. The molecular weight excluding hydrogens is 405 g/mol. The number of benzene rings is 3. The Balaban J connectivity index is 1.52. The molecule has 0 aliphatic heterocycles. The number of rotatable bonds is 4. The number of alkyl halides is 3. The average molecular weight is 424 g/mol. The van der Waals surface area contributed by atoms with E-state index in [1.807, 2.05) is 42.5 Å². The fraction of sp³-hybridized carbons (Fsp3) is 0.0870. The van der Waals surface area contributed by atoms with Crippen molar-refractivity contribution in [1.82, 2.24) is 4.98 Å². The molecule has 1 heterocycles. The van der Waals surface area contributed by atoms with Gasteiger partial charge in [0.15, 0.2) is 0 Å². The summed E-state index contributed by atoms with van der Waals surface area (Å²) in [5, 5.41) is 6.08. The standard InChI is InChI=1S/C23H19F3N4O/c24-23(25,26)17-6-8-18(9-7-17)29-22(31)30-21-13-28-20-10-5-16(11-19(20)21)15-3-1-14(12-27)2-4-15/h1-11,13,28H,12,27H2,(H2,29,30,31). The number of nitrogens with two attached hydrogens (primary N) is 1. The summed E-state index contributed by atoms with van der Waals surface area (Å²) in [5.74, 6) is 0. The zero-order valence-electron chi connectivity index (χ0n) is 16.3. The number of urea groups is 1. The van der Waals surface area contributed by atoms with Crippen LogP contribution < -0.4 is 16.4 Å². The highest BCUT2D eigenvalue weighted by molar-refractivity contribution is 6.06. The molecule has 0 fully saturated rings. The van der Waals surface area contributed by atoms with E-state index in [0.29, 0.717) is 12.2 Å². The molecule has 5 nitrogen and oxygen atoms in total. The van der Waals surface area contributed by atoms with Gasteiger partial charge in [0.25, 0.3) is 0 Å². The van der Waals surface area contributed by atoms with Crippen LogP contribution in [0, 0.1) is 0 Å². The molecule has 2 amide bonds. The SMILES string of the molecule is NCc1ccc(-c2ccc3[nH]cc(NC(=O)Nc4ccc(C(F)(F)F)cc4)c3c2)cc1. The van der Waals surface area contributed by atoms with Gasteiger partial charge in [-0.25, -0.2) is 4.79 Å². The number of anilines is 2. The summed E-state index contributed by atoms with van der Waals surface area (Å²) in [6, 6.07) is 17.5. The fourth-order valence-electron chi connectivity index (χ4n) is 3.26. The van der Waals surface area contributed by atoms with Gasteiger partial charge >= 0.3 is 12.2 Å². The van der Waals surface area contributed by atoms with E-state index in [1.165, 1.54) is 12.1 Å². The first-order valence-electron chi connectivity index (χ1n) is 9.49. The van der Waals surface area contributed by atoms with Gasteiger partial charge in [0.1, 0.15) is 0 Å². The Hall–Kier alpha value is -3.78. The van der Waals surface area contributed by atoms with Crippen LogP contribution in [0.5, 0.6) is 0 Å². The molecule has 0 spiro atoms. The van der Waals surface area contributed by atoms with Gasteiger partial charge in [-0.15, -0.1) is 0 Å². The van der Waals surface area contributed by atoms with Crippen LogP contribution >= 0.6 is 0 Å². The first-order valence-corrected chi connectivity index (χ1v) is 9.49. The molecule has 4 aromatic rings. The van der Waals surface area contributed by atoms with Crippen molar-refractivity contribution in [1.29, 1.82) is 0 Å². The quantitative estimate of drug-likeness (QED) is 0.326. The molecular formula is C23H19F3N4O. The third kappa shape index (κ3) is 4.54. The van der Waals surface area contributed by atoms with Gasteiger partial charge in [0, 0.05) is 29.3 Å². The lowest BCUT2D eigenvalue weighted by Gasteiger charge is -2.10. The minimum absolute atomic E-state index is 0.256. The molecule has 0 radical (unpaired) electrons. The molecule has 31 heavy (non-hydrogen) atoms. The number of fused-ring (bicyclic) bond motifs is 1. The fourth-order valence-corrected chi connectivity index (χ4v) is 3.26. The highest BCUT2D eigenvalue weighted by Crippen LogP contribution is 2.31. The van der Waals surface area contributed by atoms with Crippen molar-refractivity contribution >= 4 is 28.3 Å². The molecule has 0 atom stereocenters. The summed E-state index contributed by atoms with van der Waals surface area (Å²) in [5.41, 5.74) is 9.55. The summed E-state index contributed by atoms with van der Waals surface area (Å²) in [4.78, 5) is 15.5. The Bertz CT molecular complexity index is 1210. The summed E-state index contributed by atoms with van der Waals surface area (Å²) >= 11 is 0. The maximum Gasteiger partial charge on any atom is 0.416 e. The normalized spacial score (nSPS) is 11.5. The smallest absolute Gasteiger partial charge is 0.359 e. The van der Waals surface area contributed by atoms with Gasteiger partial charge in [-0.3, -0.25) is 0 Å². The lowest BCUT2D eigenvalue weighted by Crippen LogP contribution is -2.19. The highest BCUT2D eigenvalue weighted by Gasteiger charge is 2.30. The van der Waals surface area contributed by atoms with Crippen molar-refractivity contribution in [3.63, 3.8) is 0 Å². The Morgan fingerprint density at radius 1 is 0.903 bits per heavy atom. The molecule has 8 heteroatoms. The zero-order valence-corrected chi connectivity index (χ0v) is 16.3. The van der Waals surface area contributed by atoms with Crippen molar-refractivity contribution in [3.05, 3.63) is 84.1 Å². The number of aromatic amines is 1. The van der Waals surface area contributed by atoms with Crippen LogP contribution in [-0.2, 0) is 12.7 Å². The number of amides is 2. The van der Waals surface area contributed by atoms with Crippen molar-refractivity contribution in [3.8, 4) is 11.1 Å². The zero-order chi connectivity index (χ0) is 22.0. The van der Waals surface area contributed by atoms with E-state index < -0.39 is 17.8 Å². The summed E-state index contributed by atoms with van der Waals surface area (Å²) in [7, 11) is 0. The summed E-state index contributed by atoms with van der Waals surface area (Å²) < 4.78 is 38.0. The van der Waals surface area contributed by atoms with Crippen molar-refractivity contribution in [2.24, 2.45) is 5.73 Å². The molecule has 5 N–H and O–H groups in total. The summed E-state index contributed by atoms with van der Waals surface area (Å²) in [6.07, 6.45) is -2.76. The lowest BCUT2D eigenvalue weighted by molar-refractivity contribution is -0.137. The van der Waals surface area contributed by atoms with Crippen LogP contribution in [0.4, 0.5) is 29.3 Å². The molecule has 0 aliphatic rings. The van der Waals surface area contributed by atoms with Crippen molar-refractivity contribution in [2.45, 2.75) is 12.7 Å². The van der Waals surface area contributed by atoms with Crippen LogP contribution in [-0.4, -0.2) is 11.0 Å². The predicted octanol–water partition coefficient (Wildman–Crippen LogP) is 5.96. The molecule has 158 valence electrons. The van der Waals surface area contributed by atoms with Crippen molar-refractivity contribution in [2.75, 3.05) is 10.6 Å². The van der Waals surface area contributed by atoms with Gasteiger partial charge in [-0.05, 0) is 53.1 Å². The Labute approximate surface area is 176 Å². The third-order valence-corrected chi connectivity index (χ3v) is 4.92. The second-order valence-corrected chi connectivity index (χ2v) is 7.02. The maximum atomic E-state index is 12.7. The number of hydrogen-bond donors (Lipinski definition) is 4. The molecule has 0 aliphatic carbocycles. The Kier molecular flexibility index (Phi) is 5.39. The van der Waals surface area contributed by atoms with E-state index in [2.05, 4.69) is 15.6 Å². The van der Waals surface area contributed by atoms with E-state index in [4.69, 9.17) is 5.73 Å². The molecule has 3 aromatic carbocycles. The number of H-pyrrole nitrogens is 1. The number of nitrogens with one attached hydrogen (secondary N) is 3. The average Bonchev–Trinajstić information content (AvgIpc) is 3.15. The highest BCUT2D eigenvalue weighted by atomic mass is 19.4. The number of hydrogen-bond acceptors (Lipinski definition) is 2. The van der Waals surface area contributed by atoms with E-state index in [1.54, 1.807) is 6.20 Å². The second-order valence-electron chi connectivity index (χ2n) is 7.02. The number of halogens is 3. The van der Waals surface area contributed by atoms with E-state index in [9.17, 15) is 18.0 Å². The largest absolute Gasteiger partial charge is 0.416 e. The van der Waals surface area contributed by atoms with E-state index in [0.717, 1.165) is 39.7 Å². The van der Waals surface area contributed by atoms with Gasteiger partial charge in [-0.2, -0.15) is 13.2 Å². The minimum Gasteiger partial charge on any atom is -0.359 e. The van der Waals surface area contributed by atoms with Crippen LogP contribution in [0.25, 0.3) is 22.0 Å². The molecule has 4 rings (SSSR count). The molecule has 0 saturated heterocycles. The molecule has 0 bridgehead atoms. The van der Waals surface area contributed by atoms with Gasteiger partial charge < -0.3 is 21.4 Å². The minimum atomic E-state index is -4.42. The van der Waals surface area contributed by atoms with Gasteiger partial charge in [0.2, 0.25) is 0 Å². The third-order valence-electron chi connectivity index (χ3n) is 4.92. The second kappa shape index (κ2) is 8.16. The van der Waals surface area contributed by atoms with Gasteiger partial charge in [-0.1, -0.05) is 30.3 Å². The van der Waals surface area contributed by atoms with E-state index in [-0.39, 0.29) is 5.69 Å². The van der Waals surface area contributed by atoms with Crippen molar-refractivity contribution < 1.29 is 18.0 Å². The monoisotopic (exact) mass is 424 g/mol. The topological polar surface area (TPSA) is 82.9 Å².